The number of nitrogens with one attached hydrogen (secondary N) is 1. The average Bonchev–Trinajstić information content (AvgIpc) is 2.41. The summed E-state index contributed by atoms with van der Waals surface area (Å²) in [6.45, 7) is 4.24. The summed E-state index contributed by atoms with van der Waals surface area (Å²) in [6.07, 6.45) is 5.14. The van der Waals surface area contributed by atoms with Crippen molar-refractivity contribution in [1.82, 2.24) is 10.3 Å². The van der Waals surface area contributed by atoms with Gasteiger partial charge in [-0.2, -0.15) is 0 Å². The fraction of sp³-hybridized carbons (Fsp3) is 0.600. The van der Waals surface area contributed by atoms with Gasteiger partial charge in [-0.3, -0.25) is 4.79 Å². The van der Waals surface area contributed by atoms with E-state index < -0.39 is 0 Å². The predicted octanol–water partition coefficient (Wildman–Crippen LogP) is 1.76. The summed E-state index contributed by atoms with van der Waals surface area (Å²) in [5.41, 5.74) is 0.205. The lowest BCUT2D eigenvalue weighted by Gasteiger charge is -2.25. The highest BCUT2D eigenvalue weighted by molar-refractivity contribution is 5.94. The average molecular weight is 278 g/mol. The molecular formula is C15H22N2O3. The number of hydrogen-bond acceptors (Lipinski definition) is 4. The Hall–Kier alpha value is -1.62. The molecule has 5 heteroatoms. The van der Waals surface area contributed by atoms with E-state index in [-0.39, 0.29) is 24.0 Å². The van der Waals surface area contributed by atoms with Crippen LogP contribution >= 0.6 is 0 Å². The molecule has 5 nitrogen and oxygen atoms in total. The van der Waals surface area contributed by atoms with Gasteiger partial charge < -0.3 is 15.2 Å². The van der Waals surface area contributed by atoms with Crippen molar-refractivity contribution >= 4 is 5.91 Å². The Morgan fingerprint density at radius 1 is 1.55 bits per heavy atom. The maximum atomic E-state index is 12.1. The number of hydrogen-bond donors (Lipinski definition) is 2. The third kappa shape index (κ3) is 3.93. The Bertz CT molecular complexity index is 470. The number of aliphatic hydroxyl groups excluding tert-OH is 1. The van der Waals surface area contributed by atoms with Gasteiger partial charge in [-0.05, 0) is 25.3 Å². The Kier molecular flexibility index (Phi) is 4.60. The van der Waals surface area contributed by atoms with Crippen molar-refractivity contribution in [2.75, 3.05) is 13.2 Å². The van der Waals surface area contributed by atoms with Crippen LogP contribution in [0.5, 0.6) is 5.88 Å². The lowest BCUT2D eigenvalue weighted by atomic mass is 9.95. The first-order valence-corrected chi connectivity index (χ1v) is 7.02. The number of carbonyl (C=O) groups excluding carboxylic acids is 1. The molecule has 1 fully saturated rings. The molecule has 0 bridgehead atoms. The summed E-state index contributed by atoms with van der Waals surface area (Å²) in [5, 5.41) is 12.0. The quantitative estimate of drug-likeness (QED) is 0.831. The van der Waals surface area contributed by atoms with E-state index in [1.54, 1.807) is 18.3 Å². The van der Waals surface area contributed by atoms with E-state index in [2.05, 4.69) is 10.3 Å². The number of ether oxygens (including phenoxy) is 1. The van der Waals surface area contributed by atoms with Gasteiger partial charge in [-0.1, -0.05) is 13.8 Å². The van der Waals surface area contributed by atoms with Crippen LogP contribution in [0.25, 0.3) is 0 Å². The van der Waals surface area contributed by atoms with Crippen LogP contribution < -0.4 is 10.1 Å². The number of aliphatic hydroxyl groups is 1. The molecule has 110 valence electrons. The molecule has 1 saturated carbocycles. The van der Waals surface area contributed by atoms with E-state index in [1.165, 1.54) is 6.42 Å². The molecule has 0 aliphatic heterocycles. The third-order valence-electron chi connectivity index (χ3n) is 3.49. The molecule has 0 unspecified atom stereocenters. The number of pyridine rings is 1. The minimum atomic E-state index is -0.325. The Labute approximate surface area is 119 Å². The molecule has 0 spiro atoms. The molecule has 1 aromatic heterocycles. The number of rotatable bonds is 6. The number of nitrogens with zero attached hydrogens (tertiary/aromatic N) is 1. The van der Waals surface area contributed by atoms with Crippen molar-refractivity contribution in [2.24, 2.45) is 5.41 Å². The summed E-state index contributed by atoms with van der Waals surface area (Å²) < 4.78 is 5.68. The highest BCUT2D eigenvalue weighted by Gasteiger charge is 2.21. The number of amides is 1. The molecule has 1 amide bonds. The second-order valence-corrected chi connectivity index (χ2v) is 6.06. The normalized spacial score (nSPS) is 15.6. The summed E-state index contributed by atoms with van der Waals surface area (Å²) in [5.74, 6) is 0.330. The Morgan fingerprint density at radius 2 is 2.30 bits per heavy atom. The fourth-order valence-electron chi connectivity index (χ4n) is 1.75. The van der Waals surface area contributed by atoms with Gasteiger partial charge in [0, 0.05) is 36.4 Å². The Morgan fingerprint density at radius 3 is 2.90 bits per heavy atom. The molecule has 0 radical (unpaired) electrons. The summed E-state index contributed by atoms with van der Waals surface area (Å²) in [7, 11) is 0. The number of aromatic nitrogens is 1. The zero-order valence-corrected chi connectivity index (χ0v) is 12.1. The summed E-state index contributed by atoms with van der Waals surface area (Å²) >= 11 is 0. The van der Waals surface area contributed by atoms with Crippen molar-refractivity contribution in [3.05, 3.63) is 23.9 Å². The van der Waals surface area contributed by atoms with Crippen molar-refractivity contribution < 1.29 is 14.6 Å². The smallest absolute Gasteiger partial charge is 0.251 e. The lowest BCUT2D eigenvalue weighted by Crippen LogP contribution is -2.36. The van der Waals surface area contributed by atoms with Gasteiger partial charge in [-0.15, -0.1) is 0 Å². The van der Waals surface area contributed by atoms with Gasteiger partial charge in [0.1, 0.15) is 6.10 Å². The van der Waals surface area contributed by atoms with Gasteiger partial charge in [0.2, 0.25) is 5.88 Å². The minimum Gasteiger partial charge on any atom is -0.474 e. The van der Waals surface area contributed by atoms with Crippen molar-refractivity contribution in [3.8, 4) is 5.88 Å². The maximum absolute atomic E-state index is 12.1. The predicted molar refractivity (Wildman–Crippen MR) is 75.7 cm³/mol. The van der Waals surface area contributed by atoms with Crippen LogP contribution in [0.4, 0.5) is 0 Å². The molecule has 0 atom stereocenters. The zero-order valence-electron chi connectivity index (χ0n) is 12.1. The minimum absolute atomic E-state index is 0.0274. The van der Waals surface area contributed by atoms with Crippen LogP contribution in [-0.2, 0) is 0 Å². The molecule has 1 aliphatic rings. The zero-order chi connectivity index (χ0) is 14.6. The van der Waals surface area contributed by atoms with Crippen LogP contribution in [0, 0.1) is 5.41 Å². The fourth-order valence-corrected chi connectivity index (χ4v) is 1.75. The van der Waals surface area contributed by atoms with Gasteiger partial charge >= 0.3 is 0 Å². The van der Waals surface area contributed by atoms with Crippen LogP contribution in [0.3, 0.4) is 0 Å². The molecular weight excluding hydrogens is 256 g/mol. The molecule has 2 rings (SSSR count). The first-order valence-electron chi connectivity index (χ1n) is 7.02. The van der Waals surface area contributed by atoms with Gasteiger partial charge in [0.15, 0.2) is 0 Å². The second-order valence-electron chi connectivity index (χ2n) is 6.06. The molecule has 0 aromatic carbocycles. The van der Waals surface area contributed by atoms with E-state index in [1.807, 2.05) is 13.8 Å². The van der Waals surface area contributed by atoms with Crippen LogP contribution in [0.2, 0.25) is 0 Å². The van der Waals surface area contributed by atoms with Gasteiger partial charge in [0.25, 0.3) is 5.91 Å². The Balaban J connectivity index is 1.93. The summed E-state index contributed by atoms with van der Waals surface area (Å²) in [6, 6.07) is 3.33. The molecule has 0 saturated heterocycles. The highest BCUT2D eigenvalue weighted by atomic mass is 16.5. The second kappa shape index (κ2) is 6.22. The molecule has 2 N–H and O–H groups in total. The molecule has 1 heterocycles. The molecule has 20 heavy (non-hydrogen) atoms. The standard InChI is InChI=1S/C15H22N2O3/c1-15(2,10-18)9-17-14(19)11-6-7-16-13(8-11)20-12-4-3-5-12/h6-8,12,18H,3-5,9-10H2,1-2H3,(H,17,19). The van der Waals surface area contributed by atoms with E-state index >= 15 is 0 Å². The first-order chi connectivity index (χ1) is 9.50. The third-order valence-corrected chi connectivity index (χ3v) is 3.49. The highest BCUT2D eigenvalue weighted by Crippen LogP contribution is 2.24. The van der Waals surface area contributed by atoms with E-state index in [4.69, 9.17) is 4.74 Å². The first kappa shape index (κ1) is 14.8. The number of carbonyl (C=O) groups is 1. The molecule has 1 aromatic rings. The van der Waals surface area contributed by atoms with E-state index in [0.717, 1.165) is 12.8 Å². The van der Waals surface area contributed by atoms with E-state index in [0.29, 0.717) is 18.0 Å². The topological polar surface area (TPSA) is 71.5 Å². The SMILES string of the molecule is CC(C)(CO)CNC(=O)c1ccnc(OC2CCC2)c1. The van der Waals surface area contributed by atoms with Crippen molar-refractivity contribution in [1.29, 1.82) is 0 Å². The van der Waals surface area contributed by atoms with Crippen molar-refractivity contribution in [3.63, 3.8) is 0 Å². The monoisotopic (exact) mass is 278 g/mol. The van der Waals surface area contributed by atoms with Gasteiger partial charge in [0.05, 0.1) is 0 Å². The summed E-state index contributed by atoms with van der Waals surface area (Å²) in [4.78, 5) is 16.2. The van der Waals surface area contributed by atoms with Crippen molar-refractivity contribution in [2.45, 2.75) is 39.2 Å². The van der Waals surface area contributed by atoms with E-state index in [9.17, 15) is 9.90 Å². The van der Waals surface area contributed by atoms with Crippen LogP contribution in [-0.4, -0.2) is 35.3 Å². The van der Waals surface area contributed by atoms with Gasteiger partial charge in [-0.25, -0.2) is 4.98 Å². The maximum Gasteiger partial charge on any atom is 0.251 e. The largest absolute Gasteiger partial charge is 0.474 e. The molecule has 1 aliphatic carbocycles. The lowest BCUT2D eigenvalue weighted by molar-refractivity contribution is 0.0907. The van der Waals surface area contributed by atoms with Crippen LogP contribution in [0.1, 0.15) is 43.5 Å². The van der Waals surface area contributed by atoms with Crippen LogP contribution in [0.15, 0.2) is 18.3 Å².